The molecule has 20 heavy (non-hydrogen) atoms. The summed E-state index contributed by atoms with van der Waals surface area (Å²) in [5.74, 6) is -0.567. The molecule has 0 aliphatic carbocycles. The van der Waals surface area contributed by atoms with E-state index in [0.29, 0.717) is 16.7 Å². The minimum Gasteiger partial charge on any atom is -0.497 e. The molecule has 0 saturated carbocycles. The highest BCUT2D eigenvalue weighted by molar-refractivity contribution is 5.79. The average molecular weight is 278 g/mol. The number of aromatic nitrogens is 2. The van der Waals surface area contributed by atoms with Crippen LogP contribution in [0.4, 0.5) is 0 Å². The van der Waals surface area contributed by atoms with E-state index < -0.39 is 17.2 Å². The van der Waals surface area contributed by atoms with E-state index in [1.807, 2.05) is 0 Å². The first kappa shape index (κ1) is 13.9. The van der Waals surface area contributed by atoms with Crippen LogP contribution in [0.15, 0.2) is 27.8 Å². The minimum atomic E-state index is -1.07. The van der Waals surface area contributed by atoms with Gasteiger partial charge in [-0.2, -0.15) is 0 Å². The summed E-state index contributed by atoms with van der Waals surface area (Å²) in [6.07, 6.45) is -0.287. The first-order valence-electron chi connectivity index (χ1n) is 5.95. The third-order valence-electron chi connectivity index (χ3n) is 3.11. The first-order valence-corrected chi connectivity index (χ1v) is 5.95. The van der Waals surface area contributed by atoms with Gasteiger partial charge in [0.25, 0.3) is 5.56 Å². The van der Waals surface area contributed by atoms with Gasteiger partial charge in [0, 0.05) is 13.6 Å². The number of hydrogen-bond donors (Lipinski definition) is 1. The van der Waals surface area contributed by atoms with E-state index in [1.165, 1.54) is 24.8 Å². The van der Waals surface area contributed by atoms with Gasteiger partial charge in [0.1, 0.15) is 5.75 Å². The zero-order valence-corrected chi connectivity index (χ0v) is 11.1. The number of aliphatic carboxylic acids is 1. The maximum Gasteiger partial charge on any atom is 0.331 e. The van der Waals surface area contributed by atoms with Crippen LogP contribution in [-0.2, 0) is 18.4 Å². The molecule has 0 fully saturated rings. The van der Waals surface area contributed by atoms with Crippen molar-refractivity contribution < 1.29 is 14.6 Å². The standard InChI is InChI=1S/C13H14N2O5/c1-14-10-4-3-8(20-2)7-9(10)12(18)15(13(14)19)6-5-11(16)17/h3-4,7H,5-6H2,1-2H3,(H,16,17). The highest BCUT2D eigenvalue weighted by Gasteiger charge is 2.12. The maximum atomic E-state index is 12.3. The number of hydrogen-bond acceptors (Lipinski definition) is 4. The number of carboxylic acid groups (broad SMARTS) is 1. The summed E-state index contributed by atoms with van der Waals surface area (Å²) in [6.45, 7) is -0.159. The normalized spacial score (nSPS) is 10.7. The van der Waals surface area contributed by atoms with Gasteiger partial charge in [-0.1, -0.05) is 0 Å². The average Bonchev–Trinajstić information content (AvgIpc) is 2.44. The molecule has 0 saturated heterocycles. The Kier molecular flexibility index (Phi) is 3.60. The number of nitrogens with zero attached hydrogens (tertiary/aromatic N) is 2. The van der Waals surface area contributed by atoms with Gasteiger partial charge in [-0.15, -0.1) is 0 Å². The predicted molar refractivity (Wildman–Crippen MR) is 72.3 cm³/mol. The Morgan fingerprint density at radius 3 is 2.65 bits per heavy atom. The van der Waals surface area contributed by atoms with Crippen LogP contribution in [0, 0.1) is 0 Å². The molecule has 106 valence electrons. The van der Waals surface area contributed by atoms with Crippen LogP contribution < -0.4 is 16.0 Å². The number of ether oxygens (including phenoxy) is 1. The topological polar surface area (TPSA) is 90.5 Å². The predicted octanol–water partition coefficient (Wildman–Crippen LogP) is 0.183. The Labute approximate surface area is 113 Å². The molecule has 1 aromatic carbocycles. The molecule has 0 amide bonds. The summed E-state index contributed by atoms with van der Waals surface area (Å²) < 4.78 is 7.30. The number of aryl methyl sites for hydroxylation is 1. The molecular weight excluding hydrogens is 264 g/mol. The van der Waals surface area contributed by atoms with E-state index in [0.717, 1.165) is 4.57 Å². The summed E-state index contributed by atoms with van der Waals surface area (Å²) in [6, 6.07) is 4.82. The highest BCUT2D eigenvalue weighted by atomic mass is 16.5. The zero-order chi connectivity index (χ0) is 14.9. The smallest absolute Gasteiger partial charge is 0.331 e. The van der Waals surface area contributed by atoms with Gasteiger partial charge < -0.3 is 9.84 Å². The minimum absolute atomic E-state index is 0.159. The lowest BCUT2D eigenvalue weighted by Gasteiger charge is -2.10. The molecule has 7 heteroatoms. The van der Waals surface area contributed by atoms with Crippen molar-refractivity contribution in [3.05, 3.63) is 39.0 Å². The number of benzene rings is 1. The monoisotopic (exact) mass is 278 g/mol. The molecule has 1 heterocycles. The van der Waals surface area contributed by atoms with Gasteiger partial charge in [-0.3, -0.25) is 18.7 Å². The Balaban J connectivity index is 2.73. The third-order valence-corrected chi connectivity index (χ3v) is 3.11. The fourth-order valence-electron chi connectivity index (χ4n) is 2.03. The Bertz CT molecular complexity index is 788. The fraction of sp³-hybridized carbons (Fsp3) is 0.308. The molecule has 0 aliphatic heterocycles. The summed E-state index contributed by atoms with van der Waals surface area (Å²) in [5, 5.41) is 8.99. The van der Waals surface area contributed by atoms with E-state index in [4.69, 9.17) is 9.84 Å². The molecule has 2 rings (SSSR count). The van der Waals surface area contributed by atoms with Crippen LogP contribution in [0.1, 0.15) is 6.42 Å². The summed E-state index contributed by atoms with van der Waals surface area (Å²) in [4.78, 5) is 35.0. The van der Waals surface area contributed by atoms with Crippen LogP contribution >= 0.6 is 0 Å². The van der Waals surface area contributed by atoms with E-state index in [1.54, 1.807) is 12.1 Å². The fourth-order valence-corrected chi connectivity index (χ4v) is 2.03. The van der Waals surface area contributed by atoms with Crippen molar-refractivity contribution in [2.75, 3.05) is 7.11 Å². The molecule has 0 radical (unpaired) electrons. The highest BCUT2D eigenvalue weighted by Crippen LogP contribution is 2.16. The number of rotatable bonds is 4. The Morgan fingerprint density at radius 1 is 1.35 bits per heavy atom. The SMILES string of the molecule is COc1ccc2c(c1)c(=O)n(CCC(=O)O)c(=O)n2C. The van der Waals surface area contributed by atoms with Crippen molar-refractivity contribution in [2.24, 2.45) is 7.05 Å². The molecule has 0 aliphatic rings. The van der Waals surface area contributed by atoms with E-state index in [2.05, 4.69) is 0 Å². The van der Waals surface area contributed by atoms with Gasteiger partial charge in [-0.25, -0.2) is 4.79 Å². The van der Waals surface area contributed by atoms with Crippen molar-refractivity contribution in [1.29, 1.82) is 0 Å². The lowest BCUT2D eigenvalue weighted by Crippen LogP contribution is -2.39. The van der Waals surface area contributed by atoms with Crippen LogP contribution in [0.25, 0.3) is 10.9 Å². The van der Waals surface area contributed by atoms with Gasteiger partial charge in [0.05, 0.1) is 24.4 Å². The van der Waals surface area contributed by atoms with Gasteiger partial charge >= 0.3 is 11.7 Å². The molecular formula is C13H14N2O5. The largest absolute Gasteiger partial charge is 0.497 e. The molecule has 1 aromatic heterocycles. The lowest BCUT2D eigenvalue weighted by atomic mass is 10.2. The lowest BCUT2D eigenvalue weighted by molar-refractivity contribution is -0.137. The van der Waals surface area contributed by atoms with Gasteiger partial charge in [0.15, 0.2) is 0 Å². The zero-order valence-electron chi connectivity index (χ0n) is 11.1. The second kappa shape index (κ2) is 5.20. The molecule has 7 nitrogen and oxygen atoms in total. The quantitative estimate of drug-likeness (QED) is 0.861. The van der Waals surface area contributed by atoms with Gasteiger partial charge in [0.2, 0.25) is 0 Å². The molecule has 0 bridgehead atoms. The van der Waals surface area contributed by atoms with Crippen molar-refractivity contribution in [1.82, 2.24) is 9.13 Å². The molecule has 0 spiro atoms. The number of carbonyl (C=O) groups is 1. The third kappa shape index (κ3) is 2.29. The van der Waals surface area contributed by atoms with Gasteiger partial charge in [-0.05, 0) is 18.2 Å². The van der Waals surface area contributed by atoms with Crippen molar-refractivity contribution in [3.63, 3.8) is 0 Å². The van der Waals surface area contributed by atoms with Crippen molar-refractivity contribution >= 4 is 16.9 Å². The van der Waals surface area contributed by atoms with Crippen LogP contribution in [-0.4, -0.2) is 27.3 Å². The Morgan fingerprint density at radius 2 is 2.05 bits per heavy atom. The molecule has 2 aromatic rings. The van der Waals surface area contributed by atoms with E-state index >= 15 is 0 Å². The summed E-state index contributed by atoms with van der Waals surface area (Å²) >= 11 is 0. The molecule has 0 unspecified atom stereocenters. The van der Waals surface area contributed by atoms with E-state index in [-0.39, 0.29) is 13.0 Å². The summed E-state index contributed by atoms with van der Waals surface area (Å²) in [7, 11) is 3.01. The first-order chi connectivity index (χ1) is 9.45. The van der Waals surface area contributed by atoms with Crippen molar-refractivity contribution in [2.45, 2.75) is 13.0 Å². The van der Waals surface area contributed by atoms with Crippen LogP contribution in [0.5, 0.6) is 5.75 Å². The maximum absolute atomic E-state index is 12.3. The summed E-state index contributed by atoms with van der Waals surface area (Å²) in [5.41, 5.74) is -0.565. The number of methoxy groups -OCH3 is 1. The number of fused-ring (bicyclic) bond motifs is 1. The van der Waals surface area contributed by atoms with E-state index in [9.17, 15) is 14.4 Å². The van der Waals surface area contributed by atoms with Crippen molar-refractivity contribution in [3.8, 4) is 5.75 Å². The second-order valence-electron chi connectivity index (χ2n) is 4.33. The van der Waals surface area contributed by atoms with Crippen LogP contribution in [0.2, 0.25) is 0 Å². The van der Waals surface area contributed by atoms with Crippen LogP contribution in [0.3, 0.4) is 0 Å². The second-order valence-corrected chi connectivity index (χ2v) is 4.33. The Hall–Kier alpha value is -2.57. The number of carboxylic acids is 1. The molecule has 1 N–H and O–H groups in total. The molecule has 0 atom stereocenters.